The summed E-state index contributed by atoms with van der Waals surface area (Å²) in [7, 11) is 1.63. The minimum atomic E-state index is -0.243. The first-order valence-corrected chi connectivity index (χ1v) is 8.55. The SMILES string of the molecule is CCC(NC(=O)c1oc2c(Cl)cccc2c1C)c1ccc(OC)cc1. The highest BCUT2D eigenvalue weighted by atomic mass is 35.5. The van der Waals surface area contributed by atoms with E-state index in [9.17, 15) is 4.79 Å². The van der Waals surface area contributed by atoms with Gasteiger partial charge in [0.05, 0.1) is 18.2 Å². The Balaban J connectivity index is 1.87. The molecule has 0 saturated carbocycles. The van der Waals surface area contributed by atoms with E-state index in [4.69, 9.17) is 20.8 Å². The number of nitrogens with one attached hydrogen (secondary N) is 1. The number of carbonyl (C=O) groups is 1. The molecule has 3 rings (SSSR count). The van der Waals surface area contributed by atoms with Crippen molar-refractivity contribution in [3.05, 3.63) is 64.4 Å². The Morgan fingerprint density at radius 1 is 1.24 bits per heavy atom. The molecule has 0 saturated heterocycles. The maximum Gasteiger partial charge on any atom is 0.287 e. The average Bonchev–Trinajstić information content (AvgIpc) is 2.98. The number of furan rings is 1. The lowest BCUT2D eigenvalue weighted by Gasteiger charge is -2.17. The fourth-order valence-electron chi connectivity index (χ4n) is 2.91. The Kier molecular flexibility index (Phi) is 5.00. The van der Waals surface area contributed by atoms with Crippen LogP contribution in [0.4, 0.5) is 0 Å². The van der Waals surface area contributed by atoms with Crippen LogP contribution in [0, 0.1) is 6.92 Å². The summed E-state index contributed by atoms with van der Waals surface area (Å²) in [4.78, 5) is 12.7. The van der Waals surface area contributed by atoms with Gasteiger partial charge < -0.3 is 14.5 Å². The van der Waals surface area contributed by atoms with Crippen LogP contribution in [0.5, 0.6) is 5.75 Å². The van der Waals surface area contributed by atoms with Crippen molar-refractivity contribution in [2.45, 2.75) is 26.3 Å². The van der Waals surface area contributed by atoms with Gasteiger partial charge in [-0.15, -0.1) is 0 Å². The predicted octanol–water partition coefficient (Wildman–Crippen LogP) is 5.28. The van der Waals surface area contributed by atoms with Gasteiger partial charge in [-0.3, -0.25) is 4.79 Å². The highest BCUT2D eigenvalue weighted by Crippen LogP contribution is 2.31. The van der Waals surface area contributed by atoms with Crippen molar-refractivity contribution in [2.24, 2.45) is 0 Å². The second-order valence-corrected chi connectivity index (χ2v) is 6.29. The number of hydrogen-bond acceptors (Lipinski definition) is 3. The molecule has 1 aromatic heterocycles. The van der Waals surface area contributed by atoms with Crippen molar-refractivity contribution in [3.8, 4) is 5.75 Å². The molecule has 1 heterocycles. The van der Waals surface area contributed by atoms with Gasteiger partial charge >= 0.3 is 0 Å². The number of rotatable bonds is 5. The van der Waals surface area contributed by atoms with Crippen molar-refractivity contribution in [3.63, 3.8) is 0 Å². The normalized spacial score (nSPS) is 12.2. The van der Waals surface area contributed by atoms with E-state index in [0.29, 0.717) is 16.4 Å². The van der Waals surface area contributed by atoms with E-state index >= 15 is 0 Å². The molecule has 1 unspecified atom stereocenters. The van der Waals surface area contributed by atoms with Crippen LogP contribution in [0.25, 0.3) is 11.0 Å². The summed E-state index contributed by atoms with van der Waals surface area (Å²) in [5.41, 5.74) is 2.35. The molecule has 0 spiro atoms. The Bertz CT molecular complexity index is 899. The van der Waals surface area contributed by atoms with Gasteiger partial charge in [-0.2, -0.15) is 0 Å². The molecule has 130 valence electrons. The molecule has 0 aliphatic rings. The number of benzene rings is 2. The third-order valence-electron chi connectivity index (χ3n) is 4.35. The smallest absolute Gasteiger partial charge is 0.287 e. The Morgan fingerprint density at radius 3 is 2.56 bits per heavy atom. The van der Waals surface area contributed by atoms with Crippen LogP contribution in [0.2, 0.25) is 5.02 Å². The summed E-state index contributed by atoms with van der Waals surface area (Å²) in [5.74, 6) is 0.843. The van der Waals surface area contributed by atoms with Gasteiger partial charge in [-0.1, -0.05) is 42.8 Å². The summed E-state index contributed by atoms with van der Waals surface area (Å²) in [5, 5.41) is 4.40. The second kappa shape index (κ2) is 7.19. The molecule has 1 N–H and O–H groups in total. The molecule has 1 atom stereocenters. The van der Waals surface area contributed by atoms with Crippen LogP contribution < -0.4 is 10.1 Å². The number of ether oxygens (including phenoxy) is 1. The van der Waals surface area contributed by atoms with Crippen LogP contribution in [0.1, 0.15) is 41.1 Å². The maximum absolute atomic E-state index is 12.7. The minimum Gasteiger partial charge on any atom is -0.497 e. The van der Waals surface area contributed by atoms with Crippen LogP contribution in [-0.4, -0.2) is 13.0 Å². The number of carbonyl (C=O) groups excluding carboxylic acids is 1. The highest BCUT2D eigenvalue weighted by molar-refractivity contribution is 6.35. The molecular weight excluding hydrogens is 338 g/mol. The largest absolute Gasteiger partial charge is 0.497 e. The van der Waals surface area contributed by atoms with Gasteiger partial charge in [0.2, 0.25) is 0 Å². The number of para-hydroxylation sites is 1. The van der Waals surface area contributed by atoms with Gasteiger partial charge in [0.15, 0.2) is 11.3 Å². The predicted molar refractivity (Wildman–Crippen MR) is 99.5 cm³/mol. The lowest BCUT2D eigenvalue weighted by Crippen LogP contribution is -2.28. The van der Waals surface area contributed by atoms with Crippen molar-refractivity contribution in [1.82, 2.24) is 5.32 Å². The average molecular weight is 358 g/mol. The minimum absolute atomic E-state index is 0.110. The summed E-state index contributed by atoms with van der Waals surface area (Å²) >= 11 is 6.17. The lowest BCUT2D eigenvalue weighted by molar-refractivity contribution is 0.0909. The fraction of sp³-hybridized carbons (Fsp3) is 0.250. The Hall–Kier alpha value is -2.46. The van der Waals surface area contributed by atoms with Crippen molar-refractivity contribution < 1.29 is 13.9 Å². The van der Waals surface area contributed by atoms with Crippen molar-refractivity contribution in [2.75, 3.05) is 7.11 Å². The number of methoxy groups -OCH3 is 1. The van der Waals surface area contributed by atoms with Crippen LogP contribution in [0.3, 0.4) is 0 Å². The Morgan fingerprint density at radius 2 is 1.96 bits per heavy atom. The number of aryl methyl sites for hydroxylation is 1. The van der Waals surface area contributed by atoms with Crippen LogP contribution >= 0.6 is 11.6 Å². The molecule has 1 amide bonds. The quantitative estimate of drug-likeness (QED) is 0.675. The zero-order valence-corrected chi connectivity index (χ0v) is 15.2. The van der Waals surface area contributed by atoms with E-state index < -0.39 is 0 Å². The van der Waals surface area contributed by atoms with E-state index in [1.54, 1.807) is 13.2 Å². The Labute approximate surface area is 151 Å². The molecule has 3 aromatic rings. The van der Waals surface area contributed by atoms with Gasteiger partial charge in [-0.25, -0.2) is 0 Å². The number of halogens is 1. The van der Waals surface area contributed by atoms with Gasteiger partial charge in [0.25, 0.3) is 5.91 Å². The molecule has 5 heteroatoms. The fourth-order valence-corrected chi connectivity index (χ4v) is 3.12. The van der Waals surface area contributed by atoms with Crippen molar-refractivity contribution in [1.29, 1.82) is 0 Å². The van der Waals surface area contributed by atoms with E-state index in [-0.39, 0.29) is 11.9 Å². The topological polar surface area (TPSA) is 51.5 Å². The van der Waals surface area contributed by atoms with Gasteiger partial charge in [0, 0.05) is 10.9 Å². The first kappa shape index (κ1) is 17.4. The van der Waals surface area contributed by atoms with Crippen molar-refractivity contribution >= 4 is 28.5 Å². The standard InChI is InChI=1S/C20H20ClNO3/c1-4-17(13-8-10-14(24-3)11-9-13)22-20(23)18-12(2)15-6-5-7-16(21)19(15)25-18/h5-11,17H,4H2,1-3H3,(H,22,23). The van der Waals surface area contributed by atoms with E-state index in [1.165, 1.54) is 0 Å². The molecule has 25 heavy (non-hydrogen) atoms. The van der Waals surface area contributed by atoms with E-state index in [2.05, 4.69) is 5.32 Å². The van der Waals surface area contributed by atoms with Crippen LogP contribution in [0.15, 0.2) is 46.9 Å². The zero-order valence-electron chi connectivity index (χ0n) is 14.4. The van der Waals surface area contributed by atoms with E-state index in [1.807, 2.05) is 50.2 Å². The summed E-state index contributed by atoms with van der Waals surface area (Å²) in [6.45, 7) is 3.89. The number of amides is 1. The monoisotopic (exact) mass is 357 g/mol. The van der Waals surface area contributed by atoms with E-state index in [0.717, 1.165) is 28.7 Å². The molecule has 4 nitrogen and oxygen atoms in total. The summed E-state index contributed by atoms with van der Waals surface area (Å²) in [6.07, 6.45) is 0.762. The molecule has 0 aliphatic heterocycles. The number of fused-ring (bicyclic) bond motifs is 1. The van der Waals surface area contributed by atoms with Gasteiger partial charge in [0.1, 0.15) is 5.75 Å². The molecule has 0 aliphatic carbocycles. The van der Waals surface area contributed by atoms with Crippen LogP contribution in [-0.2, 0) is 0 Å². The second-order valence-electron chi connectivity index (χ2n) is 5.88. The zero-order chi connectivity index (χ0) is 18.0. The maximum atomic E-state index is 12.7. The first-order chi connectivity index (χ1) is 12.0. The molecule has 2 aromatic carbocycles. The molecule has 0 radical (unpaired) electrons. The number of hydrogen-bond donors (Lipinski definition) is 1. The third kappa shape index (κ3) is 3.35. The molecule has 0 fully saturated rings. The third-order valence-corrected chi connectivity index (χ3v) is 4.65. The summed E-state index contributed by atoms with van der Waals surface area (Å²) < 4.78 is 10.9. The molecular formula is C20H20ClNO3. The highest BCUT2D eigenvalue weighted by Gasteiger charge is 2.21. The lowest BCUT2D eigenvalue weighted by atomic mass is 10.0. The first-order valence-electron chi connectivity index (χ1n) is 8.17. The molecule has 0 bridgehead atoms. The summed E-state index contributed by atoms with van der Waals surface area (Å²) in [6, 6.07) is 13.1. The van der Waals surface area contributed by atoms with Gasteiger partial charge in [-0.05, 0) is 37.1 Å².